The standard InChI is InChI=1S/C20H19N3O2/c24-19-7-3-6-18-14-8-13(11-23(18)19)10-22(12-14)20(25)16-9-21-17-5-2-1-4-15(16)17/h1-7,9,13-14,21H,8,10-12H2/t13-,14+/m0/s1. The quantitative estimate of drug-likeness (QED) is 0.744. The van der Waals surface area contributed by atoms with E-state index in [1.54, 1.807) is 6.07 Å². The van der Waals surface area contributed by atoms with Crippen LogP contribution in [-0.4, -0.2) is 33.4 Å². The molecule has 1 aromatic carbocycles. The van der Waals surface area contributed by atoms with Crippen molar-refractivity contribution in [1.82, 2.24) is 14.5 Å². The van der Waals surface area contributed by atoms with Crippen LogP contribution < -0.4 is 5.56 Å². The lowest BCUT2D eigenvalue weighted by Gasteiger charge is -2.42. The number of aromatic amines is 1. The van der Waals surface area contributed by atoms with E-state index in [1.165, 1.54) is 0 Å². The summed E-state index contributed by atoms with van der Waals surface area (Å²) >= 11 is 0. The van der Waals surface area contributed by atoms with Gasteiger partial charge in [-0.1, -0.05) is 24.3 Å². The van der Waals surface area contributed by atoms with Gasteiger partial charge in [0.25, 0.3) is 11.5 Å². The van der Waals surface area contributed by atoms with Crippen molar-refractivity contribution in [2.75, 3.05) is 13.1 Å². The van der Waals surface area contributed by atoms with Gasteiger partial charge in [-0.2, -0.15) is 0 Å². The van der Waals surface area contributed by atoms with Gasteiger partial charge in [0.2, 0.25) is 0 Å². The van der Waals surface area contributed by atoms with Gasteiger partial charge in [0, 0.05) is 54.4 Å². The molecular weight excluding hydrogens is 314 g/mol. The summed E-state index contributed by atoms with van der Waals surface area (Å²) in [6.45, 7) is 2.11. The third kappa shape index (κ3) is 2.22. The maximum atomic E-state index is 13.1. The number of fused-ring (bicyclic) bond motifs is 5. The first-order chi connectivity index (χ1) is 12.2. The van der Waals surface area contributed by atoms with Crippen molar-refractivity contribution in [3.05, 3.63) is 70.3 Å². The molecule has 0 radical (unpaired) electrons. The van der Waals surface area contributed by atoms with Crippen LogP contribution in [0.4, 0.5) is 0 Å². The largest absolute Gasteiger partial charge is 0.360 e. The topological polar surface area (TPSA) is 58.1 Å². The summed E-state index contributed by atoms with van der Waals surface area (Å²) < 4.78 is 1.90. The van der Waals surface area contributed by atoms with Crippen LogP contribution in [0.3, 0.4) is 0 Å². The lowest BCUT2D eigenvalue weighted by atomic mass is 9.83. The number of likely N-dealkylation sites (tertiary alicyclic amines) is 1. The Kier molecular flexibility index (Phi) is 3.10. The van der Waals surface area contributed by atoms with Gasteiger partial charge >= 0.3 is 0 Å². The minimum absolute atomic E-state index is 0.0728. The number of hydrogen-bond acceptors (Lipinski definition) is 2. The zero-order valence-corrected chi connectivity index (χ0v) is 13.8. The first kappa shape index (κ1) is 14.5. The summed E-state index contributed by atoms with van der Waals surface area (Å²) in [6.07, 6.45) is 2.87. The van der Waals surface area contributed by atoms with E-state index < -0.39 is 0 Å². The number of pyridine rings is 1. The smallest absolute Gasteiger partial charge is 0.256 e. The molecule has 2 aliphatic rings. The highest BCUT2D eigenvalue weighted by Gasteiger charge is 2.36. The van der Waals surface area contributed by atoms with E-state index in [2.05, 4.69) is 4.98 Å². The second-order valence-electron chi connectivity index (χ2n) is 7.16. The van der Waals surface area contributed by atoms with Crippen molar-refractivity contribution in [1.29, 1.82) is 0 Å². The highest BCUT2D eigenvalue weighted by molar-refractivity contribution is 6.06. The predicted molar refractivity (Wildman–Crippen MR) is 95.8 cm³/mol. The van der Waals surface area contributed by atoms with Crippen LogP contribution in [-0.2, 0) is 6.54 Å². The van der Waals surface area contributed by atoms with Gasteiger partial charge in [0.05, 0.1) is 5.56 Å². The molecule has 5 nitrogen and oxygen atoms in total. The molecule has 3 aromatic rings. The van der Waals surface area contributed by atoms with Crippen molar-refractivity contribution in [2.24, 2.45) is 5.92 Å². The molecule has 1 fully saturated rings. The average Bonchev–Trinajstić information content (AvgIpc) is 3.06. The van der Waals surface area contributed by atoms with Gasteiger partial charge in [0.1, 0.15) is 0 Å². The molecule has 0 aliphatic carbocycles. The molecule has 126 valence electrons. The number of benzene rings is 1. The van der Waals surface area contributed by atoms with Crippen molar-refractivity contribution in [2.45, 2.75) is 18.9 Å². The number of nitrogens with zero attached hydrogens (tertiary/aromatic N) is 2. The number of hydrogen-bond donors (Lipinski definition) is 1. The number of amides is 1. The zero-order valence-electron chi connectivity index (χ0n) is 13.8. The summed E-state index contributed by atoms with van der Waals surface area (Å²) in [7, 11) is 0. The van der Waals surface area contributed by atoms with Gasteiger partial charge in [-0.15, -0.1) is 0 Å². The Hall–Kier alpha value is -2.82. The van der Waals surface area contributed by atoms with Crippen LogP contribution in [0.1, 0.15) is 28.4 Å². The average molecular weight is 333 g/mol. The minimum Gasteiger partial charge on any atom is -0.360 e. The van der Waals surface area contributed by atoms with E-state index in [4.69, 9.17) is 0 Å². The fourth-order valence-electron chi connectivity index (χ4n) is 4.48. The van der Waals surface area contributed by atoms with Gasteiger partial charge < -0.3 is 14.5 Å². The number of H-pyrrole nitrogens is 1. The molecule has 4 heterocycles. The highest BCUT2D eigenvalue weighted by Crippen LogP contribution is 2.35. The van der Waals surface area contributed by atoms with Crippen molar-refractivity contribution >= 4 is 16.8 Å². The molecule has 2 bridgehead atoms. The summed E-state index contributed by atoms with van der Waals surface area (Å²) in [4.78, 5) is 30.4. The van der Waals surface area contributed by atoms with Crippen molar-refractivity contribution in [3.8, 4) is 0 Å². The Morgan fingerprint density at radius 2 is 1.92 bits per heavy atom. The van der Waals surface area contributed by atoms with E-state index in [0.29, 0.717) is 19.0 Å². The van der Waals surface area contributed by atoms with E-state index in [1.807, 2.05) is 52.1 Å². The zero-order chi connectivity index (χ0) is 17.0. The minimum atomic E-state index is 0.0728. The third-order valence-electron chi connectivity index (χ3n) is 5.59. The van der Waals surface area contributed by atoms with Gasteiger partial charge in [-0.25, -0.2) is 0 Å². The number of piperidine rings is 1. The molecule has 25 heavy (non-hydrogen) atoms. The predicted octanol–water partition coefficient (Wildman–Crippen LogP) is 2.59. The monoisotopic (exact) mass is 333 g/mol. The van der Waals surface area contributed by atoms with Crippen LogP contribution in [0.5, 0.6) is 0 Å². The number of para-hydroxylation sites is 1. The molecule has 1 amide bonds. The molecule has 5 rings (SSSR count). The van der Waals surface area contributed by atoms with E-state index in [0.717, 1.165) is 35.1 Å². The van der Waals surface area contributed by atoms with Crippen LogP contribution >= 0.6 is 0 Å². The molecular formula is C20H19N3O2. The van der Waals surface area contributed by atoms with Crippen LogP contribution in [0.2, 0.25) is 0 Å². The molecule has 2 aromatic heterocycles. The number of rotatable bonds is 1. The van der Waals surface area contributed by atoms with Crippen molar-refractivity contribution < 1.29 is 4.79 Å². The Labute approximate surface area is 144 Å². The molecule has 0 spiro atoms. The molecule has 0 saturated carbocycles. The second-order valence-corrected chi connectivity index (χ2v) is 7.16. The second kappa shape index (κ2) is 5.34. The number of aromatic nitrogens is 2. The first-order valence-electron chi connectivity index (χ1n) is 8.76. The summed E-state index contributed by atoms with van der Waals surface area (Å²) in [5, 5.41) is 0.972. The van der Waals surface area contributed by atoms with Crippen LogP contribution in [0.25, 0.3) is 10.9 Å². The lowest BCUT2D eigenvalue weighted by Crippen LogP contribution is -2.49. The summed E-state index contributed by atoms with van der Waals surface area (Å²) in [5.74, 6) is 0.676. The maximum Gasteiger partial charge on any atom is 0.256 e. The third-order valence-corrected chi connectivity index (χ3v) is 5.59. The fraction of sp³-hybridized carbons (Fsp3) is 0.300. The van der Waals surface area contributed by atoms with Crippen LogP contribution in [0, 0.1) is 5.92 Å². The molecule has 5 heteroatoms. The Morgan fingerprint density at radius 3 is 2.84 bits per heavy atom. The summed E-state index contributed by atoms with van der Waals surface area (Å²) in [6, 6.07) is 13.4. The summed E-state index contributed by atoms with van der Waals surface area (Å²) in [5.41, 5.74) is 2.87. The van der Waals surface area contributed by atoms with Crippen LogP contribution in [0.15, 0.2) is 53.5 Å². The Bertz CT molecular complexity index is 1030. The number of carbonyl (C=O) groups excluding carboxylic acids is 1. The first-order valence-corrected chi connectivity index (χ1v) is 8.76. The highest BCUT2D eigenvalue weighted by atomic mass is 16.2. The van der Waals surface area contributed by atoms with E-state index in [9.17, 15) is 9.59 Å². The molecule has 1 saturated heterocycles. The molecule has 1 N–H and O–H groups in total. The fourth-order valence-corrected chi connectivity index (χ4v) is 4.48. The van der Waals surface area contributed by atoms with Crippen molar-refractivity contribution in [3.63, 3.8) is 0 Å². The number of nitrogens with one attached hydrogen (secondary N) is 1. The molecule has 2 atom stereocenters. The van der Waals surface area contributed by atoms with Gasteiger partial charge in [0.15, 0.2) is 0 Å². The van der Waals surface area contributed by atoms with E-state index in [-0.39, 0.29) is 17.4 Å². The maximum absolute atomic E-state index is 13.1. The number of carbonyl (C=O) groups is 1. The van der Waals surface area contributed by atoms with E-state index >= 15 is 0 Å². The lowest BCUT2D eigenvalue weighted by molar-refractivity contribution is 0.0596. The molecule has 0 unspecified atom stereocenters. The Morgan fingerprint density at radius 1 is 1.04 bits per heavy atom. The SMILES string of the molecule is O=C(c1c[nH]c2ccccc12)N1C[C@@H]2C[C@H](C1)c1cccc(=O)n1C2. The van der Waals surface area contributed by atoms with Gasteiger partial charge in [-0.05, 0) is 24.5 Å². The van der Waals surface area contributed by atoms with Gasteiger partial charge in [-0.3, -0.25) is 9.59 Å². The molecule has 2 aliphatic heterocycles. The Balaban J connectivity index is 1.49. The normalized spacial score (nSPS) is 22.0.